The van der Waals surface area contributed by atoms with Crippen LogP contribution in [-0.2, 0) is 17.9 Å². The van der Waals surface area contributed by atoms with Crippen molar-refractivity contribution in [2.45, 2.75) is 26.1 Å². The van der Waals surface area contributed by atoms with E-state index in [0.717, 1.165) is 22.8 Å². The molecule has 0 fully saturated rings. The SMILES string of the molecule is COc1ccc(C[NH+](C)[C@H](C)C(=O)NCc2ccccc2)cc1. The first-order valence-corrected chi connectivity index (χ1v) is 7.87. The molecule has 1 unspecified atom stereocenters. The van der Waals surface area contributed by atoms with E-state index in [9.17, 15) is 4.79 Å². The minimum atomic E-state index is -0.110. The van der Waals surface area contributed by atoms with Crippen LogP contribution in [0.15, 0.2) is 54.6 Å². The lowest BCUT2D eigenvalue weighted by Gasteiger charge is -2.21. The number of hydrogen-bond donors (Lipinski definition) is 2. The Balaban J connectivity index is 1.85. The number of carbonyl (C=O) groups is 1. The van der Waals surface area contributed by atoms with Crippen molar-refractivity contribution >= 4 is 5.91 Å². The Kier molecular flexibility index (Phi) is 6.18. The minimum Gasteiger partial charge on any atom is -0.497 e. The first-order chi connectivity index (χ1) is 11.1. The van der Waals surface area contributed by atoms with Gasteiger partial charge in [0.25, 0.3) is 5.91 Å². The van der Waals surface area contributed by atoms with Gasteiger partial charge in [-0.15, -0.1) is 0 Å². The summed E-state index contributed by atoms with van der Waals surface area (Å²) in [6.45, 7) is 3.32. The molecule has 0 radical (unpaired) electrons. The maximum atomic E-state index is 12.3. The number of methoxy groups -OCH3 is 1. The van der Waals surface area contributed by atoms with E-state index in [0.29, 0.717) is 6.54 Å². The molecule has 0 saturated carbocycles. The normalized spacial score (nSPS) is 13.2. The summed E-state index contributed by atoms with van der Waals surface area (Å²) in [6.07, 6.45) is 0. The molecule has 0 aromatic heterocycles. The summed E-state index contributed by atoms with van der Waals surface area (Å²) in [7, 11) is 3.70. The molecule has 0 aliphatic rings. The molecule has 0 bridgehead atoms. The maximum absolute atomic E-state index is 12.3. The molecule has 0 heterocycles. The molecular weight excluding hydrogens is 288 g/mol. The lowest BCUT2D eigenvalue weighted by Crippen LogP contribution is -3.12. The number of quaternary nitrogens is 1. The molecule has 1 amide bonds. The van der Waals surface area contributed by atoms with Crippen LogP contribution in [0, 0.1) is 0 Å². The van der Waals surface area contributed by atoms with E-state index in [1.165, 1.54) is 5.56 Å². The topological polar surface area (TPSA) is 42.8 Å². The Morgan fingerprint density at radius 2 is 1.74 bits per heavy atom. The predicted octanol–water partition coefficient (Wildman–Crippen LogP) is 1.41. The Hall–Kier alpha value is -2.33. The van der Waals surface area contributed by atoms with Crippen LogP contribution in [-0.4, -0.2) is 26.1 Å². The third-order valence-electron chi connectivity index (χ3n) is 4.08. The number of ether oxygens (including phenoxy) is 1. The molecule has 2 aromatic carbocycles. The Morgan fingerprint density at radius 3 is 2.35 bits per heavy atom. The summed E-state index contributed by atoms with van der Waals surface area (Å²) in [5.41, 5.74) is 2.30. The molecule has 4 heteroatoms. The number of benzene rings is 2. The van der Waals surface area contributed by atoms with Crippen molar-refractivity contribution in [1.29, 1.82) is 0 Å². The third kappa shape index (κ3) is 5.11. The fourth-order valence-electron chi connectivity index (χ4n) is 2.38. The molecule has 0 saturated heterocycles. The monoisotopic (exact) mass is 313 g/mol. The fourth-order valence-corrected chi connectivity index (χ4v) is 2.38. The quantitative estimate of drug-likeness (QED) is 0.812. The first kappa shape index (κ1) is 17.0. The van der Waals surface area contributed by atoms with Crippen molar-refractivity contribution in [2.24, 2.45) is 0 Å². The molecule has 2 rings (SSSR count). The average molecular weight is 313 g/mol. The van der Waals surface area contributed by atoms with Crippen molar-refractivity contribution < 1.29 is 14.4 Å². The lowest BCUT2D eigenvalue weighted by molar-refractivity contribution is -0.908. The van der Waals surface area contributed by atoms with Crippen LogP contribution < -0.4 is 15.0 Å². The van der Waals surface area contributed by atoms with Gasteiger partial charge in [0, 0.05) is 12.1 Å². The predicted molar refractivity (Wildman–Crippen MR) is 91.3 cm³/mol. The molecule has 0 spiro atoms. The molecule has 23 heavy (non-hydrogen) atoms. The van der Waals surface area contributed by atoms with Crippen molar-refractivity contribution in [3.8, 4) is 5.75 Å². The standard InChI is InChI=1S/C19H24N2O2/c1-15(19(22)20-13-16-7-5-4-6-8-16)21(2)14-17-9-11-18(23-3)12-10-17/h4-12,15H,13-14H2,1-3H3,(H,20,22)/p+1/t15-/m1/s1. The van der Waals surface area contributed by atoms with Gasteiger partial charge in [-0.1, -0.05) is 30.3 Å². The molecule has 122 valence electrons. The van der Waals surface area contributed by atoms with Crippen LogP contribution in [0.5, 0.6) is 5.75 Å². The number of nitrogens with one attached hydrogen (secondary N) is 2. The molecule has 2 atom stereocenters. The summed E-state index contributed by atoms with van der Waals surface area (Å²) in [5.74, 6) is 0.917. The first-order valence-electron chi connectivity index (χ1n) is 7.87. The summed E-state index contributed by atoms with van der Waals surface area (Å²) >= 11 is 0. The van der Waals surface area contributed by atoms with E-state index >= 15 is 0 Å². The third-order valence-corrected chi connectivity index (χ3v) is 4.08. The van der Waals surface area contributed by atoms with Gasteiger partial charge < -0.3 is 15.0 Å². The van der Waals surface area contributed by atoms with Gasteiger partial charge in [-0.2, -0.15) is 0 Å². The summed E-state index contributed by atoms with van der Waals surface area (Å²) in [4.78, 5) is 13.4. The molecule has 0 aliphatic carbocycles. The largest absolute Gasteiger partial charge is 0.497 e. The van der Waals surface area contributed by atoms with Gasteiger partial charge in [0.1, 0.15) is 12.3 Å². The highest BCUT2D eigenvalue weighted by atomic mass is 16.5. The second-order valence-corrected chi connectivity index (χ2v) is 5.80. The molecular formula is C19H25N2O2+. The number of likely N-dealkylation sites (N-methyl/N-ethyl adjacent to an activating group) is 1. The molecule has 2 N–H and O–H groups in total. The van der Waals surface area contributed by atoms with Crippen LogP contribution >= 0.6 is 0 Å². The average Bonchev–Trinajstić information content (AvgIpc) is 2.60. The lowest BCUT2D eigenvalue weighted by atomic mass is 10.1. The van der Waals surface area contributed by atoms with E-state index in [1.807, 2.05) is 68.6 Å². The second kappa shape index (κ2) is 8.34. The van der Waals surface area contributed by atoms with Crippen molar-refractivity contribution in [3.63, 3.8) is 0 Å². The van der Waals surface area contributed by atoms with Crippen LogP contribution in [0.25, 0.3) is 0 Å². The Labute approximate surface area is 138 Å². The van der Waals surface area contributed by atoms with Crippen LogP contribution in [0.2, 0.25) is 0 Å². The summed E-state index contributed by atoms with van der Waals surface area (Å²) in [5, 5.41) is 3.00. The van der Waals surface area contributed by atoms with Crippen molar-refractivity contribution in [2.75, 3.05) is 14.2 Å². The fraction of sp³-hybridized carbons (Fsp3) is 0.316. The van der Waals surface area contributed by atoms with Crippen molar-refractivity contribution in [3.05, 3.63) is 65.7 Å². The van der Waals surface area contributed by atoms with E-state index in [4.69, 9.17) is 4.74 Å². The zero-order chi connectivity index (χ0) is 16.7. The number of carbonyl (C=O) groups excluding carboxylic acids is 1. The Bertz CT molecular complexity index is 611. The van der Waals surface area contributed by atoms with Crippen LogP contribution in [0.3, 0.4) is 0 Å². The number of hydrogen-bond acceptors (Lipinski definition) is 2. The highest BCUT2D eigenvalue weighted by Gasteiger charge is 2.21. The zero-order valence-corrected chi connectivity index (χ0v) is 14.0. The molecule has 4 nitrogen and oxygen atoms in total. The highest BCUT2D eigenvalue weighted by Crippen LogP contribution is 2.10. The van der Waals surface area contributed by atoms with Gasteiger partial charge >= 0.3 is 0 Å². The maximum Gasteiger partial charge on any atom is 0.278 e. The van der Waals surface area contributed by atoms with E-state index < -0.39 is 0 Å². The van der Waals surface area contributed by atoms with Gasteiger partial charge in [-0.05, 0) is 36.8 Å². The second-order valence-electron chi connectivity index (χ2n) is 5.80. The minimum absolute atomic E-state index is 0.0693. The van der Waals surface area contributed by atoms with Crippen molar-refractivity contribution in [1.82, 2.24) is 5.32 Å². The van der Waals surface area contributed by atoms with E-state index in [2.05, 4.69) is 5.32 Å². The van der Waals surface area contributed by atoms with Gasteiger partial charge in [-0.25, -0.2) is 0 Å². The summed E-state index contributed by atoms with van der Waals surface area (Å²) in [6, 6.07) is 17.8. The highest BCUT2D eigenvalue weighted by molar-refractivity contribution is 5.79. The van der Waals surface area contributed by atoms with Crippen LogP contribution in [0.1, 0.15) is 18.1 Å². The van der Waals surface area contributed by atoms with E-state index in [-0.39, 0.29) is 11.9 Å². The Morgan fingerprint density at radius 1 is 1.09 bits per heavy atom. The van der Waals surface area contributed by atoms with Gasteiger partial charge in [0.15, 0.2) is 6.04 Å². The number of rotatable bonds is 7. The smallest absolute Gasteiger partial charge is 0.278 e. The molecule has 0 aliphatic heterocycles. The number of amides is 1. The van der Waals surface area contributed by atoms with Gasteiger partial charge in [0.05, 0.1) is 14.2 Å². The summed E-state index contributed by atoms with van der Waals surface area (Å²) < 4.78 is 5.16. The van der Waals surface area contributed by atoms with Crippen LogP contribution in [0.4, 0.5) is 0 Å². The zero-order valence-electron chi connectivity index (χ0n) is 14.0. The van der Waals surface area contributed by atoms with Gasteiger partial charge in [0.2, 0.25) is 0 Å². The van der Waals surface area contributed by atoms with E-state index in [1.54, 1.807) is 7.11 Å². The molecule has 2 aromatic rings. The van der Waals surface area contributed by atoms with Gasteiger partial charge in [-0.3, -0.25) is 4.79 Å².